The van der Waals surface area contributed by atoms with Crippen LogP contribution in [0.15, 0.2) is 95.9 Å². The maximum absolute atomic E-state index is 15.4. The third-order valence-electron chi connectivity index (χ3n) is 8.88. The summed E-state index contributed by atoms with van der Waals surface area (Å²) in [5, 5.41) is 0.130. The van der Waals surface area contributed by atoms with Crippen LogP contribution in [0.1, 0.15) is 36.0 Å². The first-order valence-corrected chi connectivity index (χ1v) is 17.6. The molecule has 2 aliphatic heterocycles. The van der Waals surface area contributed by atoms with Gasteiger partial charge in [0.15, 0.2) is 11.3 Å². The van der Waals surface area contributed by atoms with Gasteiger partial charge in [-0.3, -0.25) is 14.5 Å². The minimum absolute atomic E-state index is 0.0536. The summed E-state index contributed by atoms with van der Waals surface area (Å²) < 4.78 is 91.3. The number of piperidine rings is 1. The Morgan fingerprint density at radius 1 is 0.902 bits per heavy atom. The monoisotopic (exact) mass is 744 g/mol. The van der Waals surface area contributed by atoms with Crippen molar-refractivity contribution in [1.82, 2.24) is 4.90 Å². The Labute approximate surface area is 297 Å². The Balaban J connectivity index is 1.58. The Morgan fingerprint density at radius 3 is 2.33 bits per heavy atom. The van der Waals surface area contributed by atoms with E-state index in [1.165, 1.54) is 32.4 Å². The molecule has 1 saturated heterocycles. The van der Waals surface area contributed by atoms with E-state index in [9.17, 15) is 26.4 Å². The number of carbonyl (C=O) groups excluding carboxylic acids is 2. The quantitative estimate of drug-likeness (QED) is 0.161. The molecule has 0 aliphatic carbocycles. The molecular weight excluding hydrogens is 713 g/mol. The highest BCUT2D eigenvalue weighted by Gasteiger charge is 2.63. The van der Waals surface area contributed by atoms with E-state index in [2.05, 4.69) is 4.74 Å². The van der Waals surface area contributed by atoms with Crippen molar-refractivity contribution in [2.45, 2.75) is 48.7 Å². The third-order valence-corrected chi connectivity index (χ3v) is 10.9. The zero-order chi connectivity index (χ0) is 36.6. The summed E-state index contributed by atoms with van der Waals surface area (Å²) in [5.74, 6) is -2.80. The second-order valence-corrected chi connectivity index (χ2v) is 14.0. The van der Waals surface area contributed by atoms with Crippen molar-refractivity contribution in [1.29, 1.82) is 0 Å². The van der Waals surface area contributed by atoms with Crippen LogP contribution in [-0.4, -0.2) is 58.4 Å². The zero-order valence-corrected chi connectivity index (χ0v) is 28.9. The summed E-state index contributed by atoms with van der Waals surface area (Å²) >= 11 is 6.55. The number of hydrogen-bond acceptors (Lipinski definition) is 9. The number of esters is 1. The second kappa shape index (κ2) is 14.1. The van der Waals surface area contributed by atoms with Gasteiger partial charge in [-0.2, -0.15) is 0 Å². The summed E-state index contributed by atoms with van der Waals surface area (Å²) in [6.45, 7) is 0.0711. The minimum atomic E-state index is -5.29. The first kappa shape index (κ1) is 36.0. The Kier molecular flexibility index (Phi) is 9.95. The molecule has 0 saturated carbocycles. The van der Waals surface area contributed by atoms with Crippen LogP contribution in [0.4, 0.5) is 18.9 Å². The van der Waals surface area contributed by atoms with E-state index in [0.717, 1.165) is 23.8 Å². The van der Waals surface area contributed by atoms with Crippen LogP contribution < -0.4 is 18.5 Å². The number of alkyl halides is 3. The molecule has 1 fully saturated rings. The molecule has 1 unspecified atom stereocenters. The van der Waals surface area contributed by atoms with Gasteiger partial charge < -0.3 is 18.9 Å². The van der Waals surface area contributed by atoms with Crippen molar-refractivity contribution < 1.29 is 50.1 Å². The molecule has 0 radical (unpaired) electrons. The molecule has 0 aromatic heterocycles. The van der Waals surface area contributed by atoms with Crippen LogP contribution in [0.5, 0.6) is 17.2 Å². The number of nitrogens with zero attached hydrogens (tertiary/aromatic N) is 2. The number of carbonyl (C=O) groups is 2. The Bertz CT molecular complexity index is 2070. The number of para-hydroxylation sites is 1. The molecule has 268 valence electrons. The van der Waals surface area contributed by atoms with Gasteiger partial charge in [-0.05, 0) is 54.8 Å². The zero-order valence-electron chi connectivity index (χ0n) is 27.4. The van der Waals surface area contributed by atoms with Gasteiger partial charge in [0.1, 0.15) is 29.0 Å². The van der Waals surface area contributed by atoms with Gasteiger partial charge in [0.25, 0.3) is 15.9 Å². The highest BCUT2D eigenvalue weighted by atomic mass is 35.5. The number of rotatable bonds is 10. The summed E-state index contributed by atoms with van der Waals surface area (Å²) in [4.78, 5) is 30.0. The van der Waals surface area contributed by atoms with Crippen LogP contribution in [0.2, 0.25) is 5.02 Å². The van der Waals surface area contributed by atoms with E-state index in [4.69, 9.17) is 25.8 Å². The van der Waals surface area contributed by atoms with Crippen molar-refractivity contribution >= 4 is 39.2 Å². The highest BCUT2D eigenvalue weighted by Crippen LogP contribution is 2.55. The normalized spacial score (nSPS) is 19.4. The van der Waals surface area contributed by atoms with E-state index in [1.807, 2.05) is 6.07 Å². The number of fused-ring (bicyclic) bond motifs is 1. The largest absolute Gasteiger partial charge is 0.573 e. The van der Waals surface area contributed by atoms with Gasteiger partial charge in [0.2, 0.25) is 0 Å². The molecule has 4 aromatic rings. The van der Waals surface area contributed by atoms with E-state index in [1.54, 1.807) is 53.4 Å². The summed E-state index contributed by atoms with van der Waals surface area (Å²) in [6, 6.07) is 21.2. The Hall–Kier alpha value is -4.79. The van der Waals surface area contributed by atoms with Gasteiger partial charge in [-0.15, -0.1) is 13.2 Å². The number of halogens is 4. The number of hydrogen-bond donors (Lipinski definition) is 0. The number of likely N-dealkylation sites (tertiary alicyclic amines) is 1. The van der Waals surface area contributed by atoms with E-state index >= 15 is 4.79 Å². The third kappa shape index (κ3) is 6.59. The highest BCUT2D eigenvalue weighted by molar-refractivity contribution is 7.93. The Morgan fingerprint density at radius 2 is 1.63 bits per heavy atom. The van der Waals surface area contributed by atoms with E-state index in [-0.39, 0.29) is 52.9 Å². The van der Waals surface area contributed by atoms with Crippen LogP contribution >= 0.6 is 11.6 Å². The molecule has 15 heteroatoms. The number of anilines is 1. The molecule has 51 heavy (non-hydrogen) atoms. The van der Waals surface area contributed by atoms with Gasteiger partial charge in [-0.1, -0.05) is 66.6 Å². The number of methoxy groups -OCH3 is 2. The van der Waals surface area contributed by atoms with Crippen molar-refractivity contribution in [2.75, 3.05) is 25.1 Å². The molecule has 10 nitrogen and oxygen atoms in total. The van der Waals surface area contributed by atoms with Crippen LogP contribution in [0.3, 0.4) is 0 Å². The van der Waals surface area contributed by atoms with Crippen LogP contribution in [0.25, 0.3) is 0 Å². The topological polar surface area (TPSA) is 112 Å². The molecule has 0 bridgehead atoms. The smallest absolute Gasteiger partial charge is 0.497 e. The lowest BCUT2D eigenvalue weighted by Gasteiger charge is -2.46. The lowest BCUT2D eigenvalue weighted by atomic mass is 9.78. The van der Waals surface area contributed by atoms with Crippen molar-refractivity contribution in [2.24, 2.45) is 0 Å². The summed E-state index contributed by atoms with van der Waals surface area (Å²) in [7, 11) is -2.63. The van der Waals surface area contributed by atoms with E-state index in [0.29, 0.717) is 17.1 Å². The van der Waals surface area contributed by atoms with Crippen molar-refractivity contribution in [3.8, 4) is 17.2 Å². The fraction of sp³-hybridized carbons (Fsp3) is 0.278. The first-order valence-electron chi connectivity index (χ1n) is 15.8. The minimum Gasteiger partial charge on any atom is -0.497 e. The van der Waals surface area contributed by atoms with Gasteiger partial charge in [0.05, 0.1) is 19.9 Å². The van der Waals surface area contributed by atoms with Gasteiger partial charge in [0, 0.05) is 28.8 Å². The van der Waals surface area contributed by atoms with Crippen LogP contribution in [-0.2, 0) is 36.5 Å². The molecule has 4 aromatic carbocycles. The average molecular weight is 745 g/mol. The predicted molar refractivity (Wildman–Crippen MR) is 180 cm³/mol. The molecular formula is C36H32ClF3N2O8S. The molecule has 0 spiro atoms. The fourth-order valence-corrected chi connectivity index (χ4v) is 8.49. The van der Waals surface area contributed by atoms with Gasteiger partial charge >= 0.3 is 12.3 Å². The number of ether oxygens (including phenoxy) is 4. The first-order chi connectivity index (χ1) is 24.3. The number of benzene rings is 4. The number of sulfonamides is 1. The lowest BCUT2D eigenvalue weighted by Crippen LogP contribution is -2.61. The molecule has 2 heterocycles. The maximum atomic E-state index is 15.4. The summed E-state index contributed by atoms with van der Waals surface area (Å²) in [5.41, 5.74) is -1.29. The molecule has 2 aliphatic rings. The van der Waals surface area contributed by atoms with Gasteiger partial charge in [-0.25, -0.2) is 12.7 Å². The molecule has 2 atom stereocenters. The van der Waals surface area contributed by atoms with Crippen molar-refractivity contribution in [3.63, 3.8) is 0 Å². The van der Waals surface area contributed by atoms with E-state index < -0.39 is 50.5 Å². The lowest BCUT2D eigenvalue weighted by molar-refractivity contribution is -0.275. The standard InChI is InChI=1S/C36H32ClF3N2O8S/c1-47-25-16-18-32(31(21-25)50-36(38,39)40)51(45,46)42-28-17-15-24(37)20-27(28)35(34(42)44,26-12-6-7-14-30(26)48-2)41-19-9-8-13-29(41)33(43)49-22-23-10-4-3-5-11-23/h3-7,10-12,14-18,20-21,29H,8-9,13,19,22H2,1-2H3/t29-,35?/m0/s1. The second-order valence-electron chi connectivity index (χ2n) is 11.8. The number of amides is 1. The maximum Gasteiger partial charge on any atom is 0.573 e. The fourth-order valence-electron chi connectivity index (χ4n) is 6.76. The predicted octanol–water partition coefficient (Wildman–Crippen LogP) is 6.83. The average Bonchev–Trinajstić information content (AvgIpc) is 3.38. The molecule has 6 rings (SSSR count). The molecule has 1 amide bonds. The van der Waals surface area contributed by atoms with Crippen molar-refractivity contribution in [3.05, 3.63) is 113 Å². The van der Waals surface area contributed by atoms with Crippen LogP contribution in [0, 0.1) is 0 Å². The SMILES string of the molecule is COc1ccc(S(=O)(=O)N2C(=O)C(c3ccccc3OC)(N3CCCC[C@H]3C(=O)OCc3ccccc3)c3cc(Cl)ccc32)c(OC(F)(F)F)c1. The summed E-state index contributed by atoms with van der Waals surface area (Å²) in [6.07, 6.45) is -3.94. The molecule has 0 N–H and O–H groups in total.